The number of hydrogen-bond acceptors (Lipinski definition) is 6. The summed E-state index contributed by atoms with van der Waals surface area (Å²) in [6, 6.07) is 11.6. The van der Waals surface area contributed by atoms with Crippen LogP contribution in [0.5, 0.6) is 0 Å². The second kappa shape index (κ2) is 8.81. The van der Waals surface area contributed by atoms with Crippen LogP contribution in [0.2, 0.25) is 0 Å². The van der Waals surface area contributed by atoms with Gasteiger partial charge in [0.2, 0.25) is 10.0 Å². The summed E-state index contributed by atoms with van der Waals surface area (Å²) in [5, 5.41) is 9.27. The van der Waals surface area contributed by atoms with E-state index in [-0.39, 0.29) is 16.8 Å². The van der Waals surface area contributed by atoms with Crippen LogP contribution >= 0.6 is 0 Å². The Morgan fingerprint density at radius 1 is 1.17 bits per heavy atom. The monoisotopic (exact) mass is 427 g/mol. The molecule has 0 spiro atoms. The van der Waals surface area contributed by atoms with E-state index in [2.05, 4.69) is 11.1 Å². The van der Waals surface area contributed by atoms with Gasteiger partial charge < -0.3 is 9.80 Å². The molecule has 3 rings (SSSR count). The van der Waals surface area contributed by atoms with Crippen LogP contribution in [-0.2, 0) is 10.0 Å². The largest absolute Gasteiger partial charge is 0.352 e. The quantitative estimate of drug-likeness (QED) is 0.723. The highest BCUT2D eigenvalue weighted by Crippen LogP contribution is 2.21. The Hall–Kier alpha value is -2.96. The molecular formula is C21H25N5O3S. The van der Waals surface area contributed by atoms with Gasteiger partial charge in [-0.2, -0.15) is 9.57 Å². The van der Waals surface area contributed by atoms with Gasteiger partial charge in [0.25, 0.3) is 5.91 Å². The molecule has 0 atom stereocenters. The van der Waals surface area contributed by atoms with E-state index in [1.807, 2.05) is 4.90 Å². The first-order valence-electron chi connectivity index (χ1n) is 9.73. The number of pyridine rings is 1. The molecule has 0 saturated carbocycles. The summed E-state index contributed by atoms with van der Waals surface area (Å²) in [6.07, 6.45) is 1.65. The van der Waals surface area contributed by atoms with E-state index in [1.165, 1.54) is 23.5 Å². The second-order valence-electron chi connectivity index (χ2n) is 7.41. The zero-order chi connectivity index (χ0) is 21.9. The molecule has 2 aromatic rings. The van der Waals surface area contributed by atoms with Gasteiger partial charge in [-0.15, -0.1) is 0 Å². The van der Waals surface area contributed by atoms with Crippen molar-refractivity contribution in [3.05, 3.63) is 53.7 Å². The van der Waals surface area contributed by atoms with Gasteiger partial charge in [0.05, 0.1) is 10.5 Å². The molecule has 1 aliphatic heterocycles. The SMILES string of the molecule is CC(C)N(C)S(=O)(=O)c1cccc(C(=O)N2CCN(c3ncccc3C#N)CC2)c1. The summed E-state index contributed by atoms with van der Waals surface area (Å²) in [7, 11) is -2.13. The Kier molecular flexibility index (Phi) is 6.39. The number of aromatic nitrogens is 1. The minimum atomic E-state index is -3.66. The number of anilines is 1. The number of rotatable bonds is 5. The van der Waals surface area contributed by atoms with E-state index in [0.29, 0.717) is 43.1 Å². The highest BCUT2D eigenvalue weighted by molar-refractivity contribution is 7.89. The number of carbonyl (C=O) groups excluding carboxylic acids is 1. The maximum Gasteiger partial charge on any atom is 0.254 e. The summed E-state index contributed by atoms with van der Waals surface area (Å²) in [5.74, 6) is 0.414. The van der Waals surface area contributed by atoms with Crippen molar-refractivity contribution in [3.8, 4) is 6.07 Å². The summed E-state index contributed by atoms with van der Waals surface area (Å²) >= 11 is 0. The number of sulfonamides is 1. The fourth-order valence-electron chi connectivity index (χ4n) is 3.27. The van der Waals surface area contributed by atoms with Crippen LogP contribution in [0.4, 0.5) is 5.82 Å². The molecule has 0 unspecified atom stereocenters. The smallest absolute Gasteiger partial charge is 0.254 e. The van der Waals surface area contributed by atoms with Gasteiger partial charge in [-0.05, 0) is 44.2 Å². The number of amides is 1. The third-order valence-corrected chi connectivity index (χ3v) is 7.29. The van der Waals surface area contributed by atoms with E-state index < -0.39 is 10.0 Å². The molecule has 8 nitrogen and oxygen atoms in total. The van der Waals surface area contributed by atoms with Crippen LogP contribution in [0, 0.1) is 11.3 Å². The van der Waals surface area contributed by atoms with Crippen LogP contribution in [0.3, 0.4) is 0 Å². The first kappa shape index (κ1) is 21.7. The van der Waals surface area contributed by atoms with Crippen molar-refractivity contribution in [2.45, 2.75) is 24.8 Å². The molecule has 9 heteroatoms. The van der Waals surface area contributed by atoms with Gasteiger partial charge in [0, 0.05) is 51.0 Å². The van der Waals surface area contributed by atoms with Crippen LogP contribution in [0.15, 0.2) is 47.5 Å². The summed E-state index contributed by atoms with van der Waals surface area (Å²) in [6.45, 7) is 5.61. The second-order valence-corrected chi connectivity index (χ2v) is 9.41. The Morgan fingerprint density at radius 3 is 2.50 bits per heavy atom. The molecule has 2 heterocycles. The molecular weight excluding hydrogens is 402 g/mol. The number of benzene rings is 1. The Balaban J connectivity index is 1.74. The Labute approximate surface area is 177 Å². The number of hydrogen-bond donors (Lipinski definition) is 0. The lowest BCUT2D eigenvalue weighted by atomic mass is 10.1. The fraction of sp³-hybridized carbons (Fsp3) is 0.381. The zero-order valence-corrected chi connectivity index (χ0v) is 18.1. The lowest BCUT2D eigenvalue weighted by molar-refractivity contribution is 0.0746. The third kappa shape index (κ3) is 4.30. The topological polar surface area (TPSA) is 97.6 Å². The molecule has 158 valence electrons. The first-order chi connectivity index (χ1) is 14.3. The number of nitrogens with zero attached hydrogens (tertiary/aromatic N) is 5. The molecule has 1 fully saturated rings. The van der Waals surface area contributed by atoms with Crippen molar-refractivity contribution in [1.29, 1.82) is 5.26 Å². The average Bonchev–Trinajstić information content (AvgIpc) is 2.78. The number of piperazine rings is 1. The number of carbonyl (C=O) groups is 1. The lowest BCUT2D eigenvalue weighted by Gasteiger charge is -2.35. The zero-order valence-electron chi connectivity index (χ0n) is 17.3. The van der Waals surface area contributed by atoms with Crippen molar-refractivity contribution in [3.63, 3.8) is 0 Å². The molecule has 1 aromatic carbocycles. The summed E-state index contributed by atoms with van der Waals surface area (Å²) in [5.41, 5.74) is 0.849. The maximum absolute atomic E-state index is 13.0. The summed E-state index contributed by atoms with van der Waals surface area (Å²) < 4.78 is 26.8. The van der Waals surface area contributed by atoms with E-state index >= 15 is 0 Å². The third-order valence-electron chi connectivity index (χ3n) is 5.26. The van der Waals surface area contributed by atoms with Crippen LogP contribution < -0.4 is 4.90 Å². The van der Waals surface area contributed by atoms with Gasteiger partial charge in [0.15, 0.2) is 0 Å². The van der Waals surface area contributed by atoms with Crippen molar-refractivity contribution in [2.75, 3.05) is 38.1 Å². The van der Waals surface area contributed by atoms with Gasteiger partial charge in [-0.25, -0.2) is 13.4 Å². The standard InChI is InChI=1S/C21H25N5O3S/c1-16(2)24(3)30(28,29)19-8-4-6-17(14-19)21(27)26-12-10-25(11-13-26)20-18(15-22)7-5-9-23-20/h4-9,14,16H,10-13H2,1-3H3. The van der Waals surface area contributed by atoms with Crippen LogP contribution in [-0.4, -0.2) is 67.8 Å². The molecule has 0 aliphatic carbocycles. The molecule has 1 aliphatic rings. The molecule has 0 N–H and O–H groups in total. The lowest BCUT2D eigenvalue weighted by Crippen LogP contribution is -2.49. The normalized spacial score (nSPS) is 14.8. The van der Waals surface area contributed by atoms with E-state index in [1.54, 1.807) is 49.2 Å². The highest BCUT2D eigenvalue weighted by atomic mass is 32.2. The van der Waals surface area contributed by atoms with Gasteiger partial charge in [-0.1, -0.05) is 6.07 Å². The molecule has 30 heavy (non-hydrogen) atoms. The van der Waals surface area contributed by atoms with Gasteiger partial charge in [-0.3, -0.25) is 4.79 Å². The predicted octanol–water partition coefficient (Wildman–Crippen LogP) is 1.94. The maximum atomic E-state index is 13.0. The summed E-state index contributed by atoms with van der Waals surface area (Å²) in [4.78, 5) is 21.1. The van der Waals surface area contributed by atoms with E-state index in [4.69, 9.17) is 0 Å². The minimum Gasteiger partial charge on any atom is -0.352 e. The highest BCUT2D eigenvalue weighted by Gasteiger charge is 2.27. The molecule has 1 aromatic heterocycles. The minimum absolute atomic E-state index is 0.107. The predicted molar refractivity (Wildman–Crippen MR) is 114 cm³/mol. The van der Waals surface area contributed by atoms with Gasteiger partial charge in [0.1, 0.15) is 11.9 Å². The molecule has 0 radical (unpaired) electrons. The van der Waals surface area contributed by atoms with E-state index in [9.17, 15) is 18.5 Å². The molecule has 0 bridgehead atoms. The van der Waals surface area contributed by atoms with E-state index in [0.717, 1.165) is 0 Å². The fourth-order valence-corrected chi connectivity index (χ4v) is 4.69. The van der Waals surface area contributed by atoms with Crippen LogP contribution in [0.25, 0.3) is 0 Å². The van der Waals surface area contributed by atoms with Crippen molar-refractivity contribution < 1.29 is 13.2 Å². The van der Waals surface area contributed by atoms with Crippen molar-refractivity contribution in [1.82, 2.24) is 14.2 Å². The Morgan fingerprint density at radius 2 is 1.87 bits per heavy atom. The molecule has 1 saturated heterocycles. The average molecular weight is 428 g/mol. The van der Waals surface area contributed by atoms with Crippen molar-refractivity contribution in [2.24, 2.45) is 0 Å². The number of nitriles is 1. The van der Waals surface area contributed by atoms with Gasteiger partial charge >= 0.3 is 0 Å². The van der Waals surface area contributed by atoms with Crippen LogP contribution in [0.1, 0.15) is 29.8 Å². The first-order valence-corrected chi connectivity index (χ1v) is 11.2. The molecule has 1 amide bonds. The van der Waals surface area contributed by atoms with Crippen molar-refractivity contribution >= 4 is 21.7 Å². The Bertz CT molecular complexity index is 1070.